The number of aromatic amines is 1. The van der Waals surface area contributed by atoms with Crippen molar-refractivity contribution in [3.8, 4) is 11.1 Å². The predicted octanol–water partition coefficient (Wildman–Crippen LogP) is 3.31. The molecule has 1 unspecified atom stereocenters. The number of nitrogens with zero attached hydrogens (tertiary/aromatic N) is 3. The number of carbonyl (C=O) groups is 1. The summed E-state index contributed by atoms with van der Waals surface area (Å²) in [6.45, 7) is 6.01. The Labute approximate surface area is 147 Å². The third-order valence-electron chi connectivity index (χ3n) is 4.40. The highest BCUT2D eigenvalue weighted by Crippen LogP contribution is 2.25. The van der Waals surface area contributed by atoms with Gasteiger partial charge < -0.3 is 5.32 Å². The average molecular weight is 337 g/mol. The molecule has 0 bridgehead atoms. The Hall–Kier alpha value is -2.89. The van der Waals surface area contributed by atoms with Crippen LogP contribution in [0.15, 0.2) is 36.7 Å². The van der Waals surface area contributed by atoms with Crippen molar-refractivity contribution in [1.82, 2.24) is 25.3 Å². The normalized spacial score (nSPS) is 12.2. The molecule has 0 aliphatic rings. The second kappa shape index (κ2) is 6.93. The highest BCUT2D eigenvalue weighted by molar-refractivity contribution is 5.95. The molecule has 1 aromatic carbocycles. The van der Waals surface area contributed by atoms with Crippen LogP contribution in [0.25, 0.3) is 11.1 Å². The van der Waals surface area contributed by atoms with Crippen molar-refractivity contribution in [3.05, 3.63) is 59.2 Å². The van der Waals surface area contributed by atoms with Gasteiger partial charge in [0.25, 0.3) is 5.91 Å². The van der Waals surface area contributed by atoms with Crippen LogP contribution in [0, 0.1) is 13.8 Å². The SMILES string of the molecule is CCC(NC(=O)c1ccc(-c2c(C)n[nH]c2C)cc1)c1cnn(C)c1. The third-order valence-corrected chi connectivity index (χ3v) is 4.40. The fourth-order valence-corrected chi connectivity index (χ4v) is 3.05. The molecular weight excluding hydrogens is 314 g/mol. The van der Waals surface area contributed by atoms with Crippen LogP contribution in [-0.4, -0.2) is 25.9 Å². The topological polar surface area (TPSA) is 75.6 Å². The number of carbonyl (C=O) groups excluding carboxylic acids is 1. The van der Waals surface area contributed by atoms with Crippen molar-refractivity contribution in [1.29, 1.82) is 0 Å². The van der Waals surface area contributed by atoms with Gasteiger partial charge in [-0.3, -0.25) is 14.6 Å². The lowest BCUT2D eigenvalue weighted by atomic mass is 10.0. The molecule has 1 atom stereocenters. The van der Waals surface area contributed by atoms with Crippen molar-refractivity contribution in [2.24, 2.45) is 7.05 Å². The van der Waals surface area contributed by atoms with Crippen molar-refractivity contribution >= 4 is 5.91 Å². The molecule has 130 valence electrons. The molecule has 0 aliphatic heterocycles. The first kappa shape index (κ1) is 17.0. The number of benzene rings is 1. The van der Waals surface area contributed by atoms with Crippen LogP contribution in [0.2, 0.25) is 0 Å². The Kier molecular flexibility index (Phi) is 4.70. The minimum absolute atomic E-state index is 0.0424. The highest BCUT2D eigenvalue weighted by Gasteiger charge is 2.16. The minimum Gasteiger partial charge on any atom is -0.345 e. The molecule has 6 heteroatoms. The zero-order valence-corrected chi connectivity index (χ0v) is 15.0. The van der Waals surface area contributed by atoms with E-state index in [0.29, 0.717) is 5.56 Å². The van der Waals surface area contributed by atoms with Gasteiger partial charge in [-0.05, 0) is 38.0 Å². The van der Waals surface area contributed by atoms with E-state index in [-0.39, 0.29) is 11.9 Å². The molecule has 25 heavy (non-hydrogen) atoms. The highest BCUT2D eigenvalue weighted by atomic mass is 16.1. The van der Waals surface area contributed by atoms with E-state index in [2.05, 4.69) is 20.6 Å². The Bertz CT molecular complexity index is 856. The lowest BCUT2D eigenvalue weighted by molar-refractivity contribution is 0.0935. The quantitative estimate of drug-likeness (QED) is 0.750. The first-order chi connectivity index (χ1) is 12.0. The molecular formula is C19H23N5O. The lowest BCUT2D eigenvalue weighted by Crippen LogP contribution is -2.27. The summed E-state index contributed by atoms with van der Waals surface area (Å²) in [4.78, 5) is 12.6. The summed E-state index contributed by atoms with van der Waals surface area (Å²) in [6.07, 6.45) is 4.53. The second-order valence-corrected chi connectivity index (χ2v) is 6.27. The van der Waals surface area contributed by atoms with E-state index in [9.17, 15) is 4.79 Å². The molecule has 0 radical (unpaired) electrons. The van der Waals surface area contributed by atoms with E-state index >= 15 is 0 Å². The molecule has 0 fully saturated rings. The first-order valence-electron chi connectivity index (χ1n) is 8.41. The standard InChI is InChI=1S/C19H23N5O/c1-5-17(16-10-20-24(4)11-16)21-19(25)15-8-6-14(7-9-15)18-12(2)22-23-13(18)3/h6-11,17H,5H2,1-4H3,(H,21,25)(H,22,23). The van der Waals surface area contributed by atoms with Gasteiger partial charge in [0, 0.05) is 35.6 Å². The molecule has 2 aromatic heterocycles. The van der Waals surface area contributed by atoms with Crippen LogP contribution >= 0.6 is 0 Å². The summed E-state index contributed by atoms with van der Waals surface area (Å²) >= 11 is 0. The predicted molar refractivity (Wildman–Crippen MR) is 97.2 cm³/mol. The van der Waals surface area contributed by atoms with Crippen LogP contribution in [0.4, 0.5) is 0 Å². The number of H-pyrrole nitrogens is 1. The number of amides is 1. The van der Waals surface area contributed by atoms with Crippen LogP contribution in [-0.2, 0) is 7.05 Å². The van der Waals surface area contributed by atoms with Gasteiger partial charge in [-0.2, -0.15) is 10.2 Å². The van der Waals surface area contributed by atoms with E-state index in [1.54, 1.807) is 10.9 Å². The first-order valence-corrected chi connectivity index (χ1v) is 8.41. The number of aryl methyl sites for hydroxylation is 3. The van der Waals surface area contributed by atoms with Crippen molar-refractivity contribution in [2.45, 2.75) is 33.2 Å². The van der Waals surface area contributed by atoms with Crippen LogP contribution in [0.3, 0.4) is 0 Å². The van der Waals surface area contributed by atoms with Crippen LogP contribution in [0.1, 0.15) is 46.7 Å². The fourth-order valence-electron chi connectivity index (χ4n) is 3.05. The summed E-state index contributed by atoms with van der Waals surface area (Å²) in [5.74, 6) is -0.0807. The maximum Gasteiger partial charge on any atom is 0.251 e. The smallest absolute Gasteiger partial charge is 0.251 e. The van der Waals surface area contributed by atoms with Crippen molar-refractivity contribution < 1.29 is 4.79 Å². The number of hydrogen-bond acceptors (Lipinski definition) is 3. The van der Waals surface area contributed by atoms with Crippen molar-refractivity contribution in [3.63, 3.8) is 0 Å². The van der Waals surface area contributed by atoms with Gasteiger partial charge in [0.05, 0.1) is 17.9 Å². The second-order valence-electron chi connectivity index (χ2n) is 6.27. The van der Waals surface area contributed by atoms with E-state index < -0.39 is 0 Å². The Morgan fingerprint density at radius 2 is 2.00 bits per heavy atom. The largest absolute Gasteiger partial charge is 0.345 e. The fraction of sp³-hybridized carbons (Fsp3) is 0.316. The number of rotatable bonds is 5. The summed E-state index contributed by atoms with van der Waals surface area (Å²) in [5.41, 5.74) is 5.78. The Balaban J connectivity index is 1.76. The average Bonchev–Trinajstić information content (AvgIpc) is 3.18. The summed E-state index contributed by atoms with van der Waals surface area (Å²) < 4.78 is 1.74. The molecule has 0 saturated carbocycles. The zero-order chi connectivity index (χ0) is 18.0. The van der Waals surface area contributed by atoms with E-state index in [1.165, 1.54) is 0 Å². The molecule has 6 nitrogen and oxygen atoms in total. The molecule has 0 spiro atoms. The molecule has 3 aromatic rings. The van der Waals surface area contributed by atoms with Gasteiger partial charge in [0.2, 0.25) is 0 Å². The monoisotopic (exact) mass is 337 g/mol. The minimum atomic E-state index is -0.0807. The van der Waals surface area contributed by atoms with Gasteiger partial charge in [-0.25, -0.2) is 0 Å². The summed E-state index contributed by atoms with van der Waals surface area (Å²) in [6, 6.07) is 7.59. The van der Waals surface area contributed by atoms with E-state index in [1.807, 2.05) is 58.3 Å². The Morgan fingerprint density at radius 3 is 2.52 bits per heavy atom. The van der Waals surface area contributed by atoms with Gasteiger partial charge in [-0.15, -0.1) is 0 Å². The van der Waals surface area contributed by atoms with Crippen LogP contribution in [0.5, 0.6) is 0 Å². The van der Waals surface area contributed by atoms with Gasteiger partial charge >= 0.3 is 0 Å². The number of aromatic nitrogens is 4. The molecule has 0 aliphatic carbocycles. The van der Waals surface area contributed by atoms with E-state index in [0.717, 1.165) is 34.5 Å². The maximum absolute atomic E-state index is 12.6. The van der Waals surface area contributed by atoms with Crippen LogP contribution < -0.4 is 5.32 Å². The molecule has 0 saturated heterocycles. The van der Waals surface area contributed by atoms with E-state index in [4.69, 9.17) is 0 Å². The Morgan fingerprint density at radius 1 is 1.28 bits per heavy atom. The summed E-state index contributed by atoms with van der Waals surface area (Å²) in [7, 11) is 1.87. The number of nitrogens with one attached hydrogen (secondary N) is 2. The third kappa shape index (κ3) is 3.47. The van der Waals surface area contributed by atoms with Crippen molar-refractivity contribution in [2.75, 3.05) is 0 Å². The molecule has 3 rings (SSSR count). The lowest BCUT2D eigenvalue weighted by Gasteiger charge is -2.15. The molecule has 2 N–H and O–H groups in total. The molecule has 2 heterocycles. The summed E-state index contributed by atoms with van der Waals surface area (Å²) in [5, 5.41) is 14.5. The van der Waals surface area contributed by atoms with Gasteiger partial charge in [-0.1, -0.05) is 19.1 Å². The van der Waals surface area contributed by atoms with Gasteiger partial charge in [0.1, 0.15) is 0 Å². The number of hydrogen-bond donors (Lipinski definition) is 2. The maximum atomic E-state index is 12.6. The molecule has 1 amide bonds. The zero-order valence-electron chi connectivity index (χ0n) is 15.0. The van der Waals surface area contributed by atoms with Gasteiger partial charge in [0.15, 0.2) is 0 Å².